The van der Waals surface area contributed by atoms with Crippen LogP contribution in [-0.4, -0.2) is 68.9 Å². The average molecular weight is 568 g/mol. The maximum Gasteiger partial charge on any atom is 0.309 e. The van der Waals surface area contributed by atoms with E-state index in [1.54, 1.807) is 32.3 Å². The van der Waals surface area contributed by atoms with Crippen molar-refractivity contribution < 1.29 is 34.4 Å². The fraction of sp³-hybridized carbons (Fsp3) is 0.800. The molecule has 0 amide bonds. The van der Waals surface area contributed by atoms with Crippen molar-refractivity contribution in [3.05, 3.63) is 22.8 Å². The van der Waals surface area contributed by atoms with E-state index in [9.17, 15) is 24.9 Å². The van der Waals surface area contributed by atoms with Gasteiger partial charge < -0.3 is 30.5 Å². The molecule has 5 N–H and O–H groups in total. The Morgan fingerprint density at radius 2 is 1.87 bits per heavy atom. The van der Waals surface area contributed by atoms with E-state index in [-0.39, 0.29) is 41.7 Å². The fourth-order valence-electron chi connectivity index (χ4n) is 6.03. The van der Waals surface area contributed by atoms with E-state index >= 15 is 0 Å². The number of nitrogens with two attached hydrogens (primary N) is 1. The van der Waals surface area contributed by atoms with E-state index < -0.39 is 35.6 Å². The number of hydrogen-bond donors (Lipinski definition) is 4. The molecule has 1 saturated carbocycles. The van der Waals surface area contributed by atoms with E-state index in [1.807, 2.05) is 20.8 Å². The predicted molar refractivity (Wildman–Crippen MR) is 153 cm³/mol. The molecule has 3 rings (SSSR count). The first-order valence-corrected chi connectivity index (χ1v) is 15.3. The third-order valence-corrected chi connectivity index (χ3v) is 10.6. The van der Waals surface area contributed by atoms with Gasteiger partial charge in [-0.25, -0.2) is 0 Å². The van der Waals surface area contributed by atoms with Gasteiger partial charge in [-0.2, -0.15) is 0 Å². The molecular weight excluding hydrogens is 518 g/mol. The normalized spacial score (nSPS) is 40.8. The van der Waals surface area contributed by atoms with Gasteiger partial charge in [0, 0.05) is 23.3 Å². The lowest BCUT2D eigenvalue weighted by Gasteiger charge is -2.34. The van der Waals surface area contributed by atoms with Gasteiger partial charge in [0.05, 0.1) is 42.4 Å². The highest BCUT2D eigenvalue weighted by Crippen LogP contribution is 2.56. The number of aliphatic hydroxyl groups is 3. The lowest BCUT2D eigenvalue weighted by atomic mass is 9.72. The molecule has 2 aliphatic heterocycles. The maximum atomic E-state index is 13.4. The number of cyclic esters (lactones) is 1. The summed E-state index contributed by atoms with van der Waals surface area (Å²) in [5, 5.41) is 33.3. The smallest absolute Gasteiger partial charge is 0.309 e. The Morgan fingerprint density at radius 1 is 1.21 bits per heavy atom. The van der Waals surface area contributed by atoms with Crippen molar-refractivity contribution in [1.82, 2.24) is 0 Å². The number of carbonyl (C=O) groups is 2. The number of ketones is 1. The predicted octanol–water partition coefficient (Wildman–Crippen LogP) is 3.72. The molecule has 222 valence electrons. The number of carbonyl (C=O) groups excluding carboxylic acids is 2. The van der Waals surface area contributed by atoms with Gasteiger partial charge in [-0.15, -0.1) is 11.8 Å². The molecule has 0 aromatic rings. The van der Waals surface area contributed by atoms with Gasteiger partial charge in [0.25, 0.3) is 0 Å². The molecule has 2 saturated heterocycles. The van der Waals surface area contributed by atoms with Crippen LogP contribution >= 0.6 is 11.8 Å². The van der Waals surface area contributed by atoms with Crippen molar-refractivity contribution >= 4 is 23.5 Å². The van der Waals surface area contributed by atoms with E-state index in [0.29, 0.717) is 24.0 Å². The molecule has 2 heterocycles. The number of esters is 1. The van der Waals surface area contributed by atoms with E-state index in [0.717, 1.165) is 24.8 Å². The number of epoxide rings is 1. The Labute approximate surface area is 237 Å². The number of rotatable bonds is 6. The molecule has 0 aromatic heterocycles. The molecule has 0 bridgehead atoms. The topological polar surface area (TPSA) is 143 Å². The third kappa shape index (κ3) is 7.67. The van der Waals surface area contributed by atoms with E-state index in [2.05, 4.69) is 6.92 Å². The average Bonchev–Trinajstić information content (AvgIpc) is 3.78. The first-order chi connectivity index (χ1) is 18.1. The van der Waals surface area contributed by atoms with Crippen molar-refractivity contribution in [3.8, 4) is 0 Å². The number of ether oxygens (including phenoxy) is 2. The molecule has 0 radical (unpaired) electrons. The van der Waals surface area contributed by atoms with Crippen LogP contribution < -0.4 is 5.73 Å². The van der Waals surface area contributed by atoms with Gasteiger partial charge in [-0.1, -0.05) is 34.6 Å². The summed E-state index contributed by atoms with van der Waals surface area (Å²) < 4.78 is 12.0. The number of allylic oxidation sites excluding steroid dienone is 1. The third-order valence-electron chi connectivity index (χ3n) is 9.31. The molecule has 3 fully saturated rings. The summed E-state index contributed by atoms with van der Waals surface area (Å²) in [6.07, 6.45) is 1.78. The first kappa shape index (κ1) is 32.1. The van der Waals surface area contributed by atoms with Gasteiger partial charge in [0.2, 0.25) is 0 Å². The second-order valence-corrected chi connectivity index (χ2v) is 14.0. The van der Waals surface area contributed by atoms with Crippen LogP contribution in [0.25, 0.3) is 0 Å². The molecule has 3 aliphatic rings. The Kier molecular flexibility index (Phi) is 10.4. The highest BCUT2D eigenvalue weighted by atomic mass is 32.2. The molecule has 1 aliphatic carbocycles. The monoisotopic (exact) mass is 567 g/mol. The molecule has 8 nitrogen and oxygen atoms in total. The number of hydrogen-bond acceptors (Lipinski definition) is 9. The molecule has 0 spiro atoms. The summed E-state index contributed by atoms with van der Waals surface area (Å²) in [4.78, 5) is 26.4. The van der Waals surface area contributed by atoms with Crippen molar-refractivity contribution in [2.45, 2.75) is 116 Å². The minimum absolute atomic E-state index is 0.0516. The zero-order chi connectivity index (χ0) is 29.3. The van der Waals surface area contributed by atoms with Crippen molar-refractivity contribution in [2.75, 3.05) is 6.61 Å². The summed E-state index contributed by atoms with van der Waals surface area (Å²) in [6, 6.07) is 0. The van der Waals surface area contributed by atoms with Gasteiger partial charge in [0.1, 0.15) is 11.9 Å². The van der Waals surface area contributed by atoms with Gasteiger partial charge in [-0.3, -0.25) is 9.59 Å². The largest absolute Gasteiger partial charge is 0.458 e. The minimum Gasteiger partial charge on any atom is -0.458 e. The quantitative estimate of drug-likeness (QED) is 0.215. The number of Topliss-reactive ketones (excluding diaryl/α,β-unsaturated/α-hetero) is 1. The Bertz CT molecular complexity index is 961. The molecule has 0 aromatic carbocycles. The Balaban J connectivity index is 1.85. The van der Waals surface area contributed by atoms with E-state index in [1.165, 1.54) is 11.8 Å². The van der Waals surface area contributed by atoms with Crippen LogP contribution in [0.5, 0.6) is 0 Å². The lowest BCUT2D eigenvalue weighted by molar-refractivity contribution is -0.154. The summed E-state index contributed by atoms with van der Waals surface area (Å²) in [5.74, 6) is -0.864. The molecule has 5 unspecified atom stereocenters. The van der Waals surface area contributed by atoms with Crippen molar-refractivity contribution in [1.29, 1.82) is 0 Å². The summed E-state index contributed by atoms with van der Waals surface area (Å²) in [7, 11) is 0. The maximum absolute atomic E-state index is 13.4. The van der Waals surface area contributed by atoms with Crippen LogP contribution in [0.1, 0.15) is 80.6 Å². The van der Waals surface area contributed by atoms with Crippen LogP contribution in [0.4, 0.5) is 0 Å². The van der Waals surface area contributed by atoms with E-state index in [4.69, 9.17) is 15.2 Å². The Morgan fingerprint density at radius 3 is 2.49 bits per heavy atom. The SMILES string of the molecule is CCC(CO)S/C=C(N)/C=C(\C)[C@@H]1CC2OC2(C)CC2CC2[C@H](C)[C@H](O)[C@@H](C)C(=O)C(C)(C)[C@@H](O)CC(=O)O1. The number of aliphatic hydroxyl groups excluding tert-OH is 3. The molecular formula is C30H49NO7S. The van der Waals surface area contributed by atoms with Crippen LogP contribution in [-0.2, 0) is 19.1 Å². The molecule has 10 atom stereocenters. The zero-order valence-corrected chi connectivity index (χ0v) is 25.4. The summed E-state index contributed by atoms with van der Waals surface area (Å²) in [6.45, 7) is 13.0. The Hall–Kier alpha value is -1.39. The fourth-order valence-corrected chi connectivity index (χ4v) is 6.72. The first-order valence-electron chi connectivity index (χ1n) is 14.3. The lowest BCUT2D eigenvalue weighted by Crippen LogP contribution is -2.46. The minimum atomic E-state index is -1.26. The molecule has 9 heteroatoms. The number of thioether (sulfide) groups is 1. The van der Waals surface area contributed by atoms with Crippen LogP contribution in [0.2, 0.25) is 0 Å². The van der Waals surface area contributed by atoms with Gasteiger partial charge >= 0.3 is 5.97 Å². The van der Waals surface area contributed by atoms with Gasteiger partial charge in [-0.05, 0) is 67.9 Å². The second kappa shape index (κ2) is 12.6. The highest BCUT2D eigenvalue weighted by molar-refractivity contribution is 8.02. The second-order valence-electron chi connectivity index (χ2n) is 12.8. The van der Waals surface area contributed by atoms with Crippen molar-refractivity contribution in [3.63, 3.8) is 0 Å². The van der Waals surface area contributed by atoms with Gasteiger partial charge in [0.15, 0.2) is 0 Å². The van der Waals surface area contributed by atoms with Crippen LogP contribution in [0.15, 0.2) is 22.8 Å². The zero-order valence-electron chi connectivity index (χ0n) is 24.6. The van der Waals surface area contributed by atoms with Crippen molar-refractivity contribution in [2.24, 2.45) is 34.8 Å². The summed E-state index contributed by atoms with van der Waals surface area (Å²) >= 11 is 1.46. The highest BCUT2D eigenvalue weighted by Gasteiger charge is 2.58. The standard InChI is InChI=1S/C30H49NO7S/c1-8-21(14-32)39-15-20(31)9-16(2)23-11-25-30(7,38-25)13-19-10-22(19)17(3)27(35)18(4)28(36)29(5,6)24(33)12-26(34)37-23/h9,15,17-19,21-25,27,32-33,35H,8,10-14,31H2,1-7H3/b16-9+,20-15-/t17-,18+,19?,21?,22?,23-,24-,25?,27-,30?/m0/s1. The van der Waals surface area contributed by atoms with Crippen LogP contribution in [0, 0.1) is 29.1 Å². The van der Waals surface area contributed by atoms with Crippen LogP contribution in [0.3, 0.4) is 0 Å². The summed E-state index contributed by atoms with van der Waals surface area (Å²) in [5.41, 5.74) is 5.93. The molecule has 39 heavy (non-hydrogen) atoms. The number of fused-ring (bicyclic) bond motifs is 2.